The number of hydrogen-bond acceptors (Lipinski definition) is 3. The maximum Gasteiger partial charge on any atom is 0.159 e. The van der Waals surface area contributed by atoms with Crippen molar-refractivity contribution in [2.45, 2.75) is 12.5 Å². The van der Waals surface area contributed by atoms with Crippen LogP contribution in [0.15, 0.2) is 55.1 Å². The van der Waals surface area contributed by atoms with E-state index in [-0.39, 0.29) is 5.92 Å². The predicted octanol–water partition coefficient (Wildman–Crippen LogP) is 4.00. The van der Waals surface area contributed by atoms with E-state index in [1.54, 1.807) is 18.5 Å². The van der Waals surface area contributed by atoms with Gasteiger partial charge in [0.2, 0.25) is 0 Å². The molecule has 0 radical (unpaired) electrons. The van der Waals surface area contributed by atoms with E-state index in [0.29, 0.717) is 0 Å². The minimum Gasteiger partial charge on any atom is -0.301 e. The van der Waals surface area contributed by atoms with Gasteiger partial charge < -0.3 is 4.90 Å². The lowest BCUT2D eigenvalue weighted by Crippen LogP contribution is -2.31. The smallest absolute Gasteiger partial charge is 0.159 e. The van der Waals surface area contributed by atoms with Gasteiger partial charge in [-0.2, -0.15) is 0 Å². The van der Waals surface area contributed by atoms with Crippen molar-refractivity contribution >= 4 is 0 Å². The Labute approximate surface area is 145 Å². The Morgan fingerprint density at radius 3 is 2.52 bits per heavy atom. The van der Waals surface area contributed by atoms with Gasteiger partial charge >= 0.3 is 0 Å². The van der Waals surface area contributed by atoms with Gasteiger partial charge in [-0.3, -0.25) is 0 Å². The molecule has 0 spiro atoms. The van der Waals surface area contributed by atoms with E-state index in [0.717, 1.165) is 35.3 Å². The van der Waals surface area contributed by atoms with Gasteiger partial charge in [-0.15, -0.1) is 0 Å². The van der Waals surface area contributed by atoms with Crippen molar-refractivity contribution in [3.05, 3.63) is 83.4 Å². The first kappa shape index (κ1) is 15.8. The molecule has 0 unspecified atom stereocenters. The highest BCUT2D eigenvalue weighted by molar-refractivity contribution is 5.64. The van der Waals surface area contributed by atoms with E-state index in [4.69, 9.17) is 0 Å². The Hall–Kier alpha value is -2.66. The highest BCUT2D eigenvalue weighted by Crippen LogP contribution is 2.35. The molecule has 1 atom stereocenters. The van der Waals surface area contributed by atoms with Crippen molar-refractivity contribution in [2.75, 3.05) is 13.6 Å². The Balaban J connectivity index is 1.77. The van der Waals surface area contributed by atoms with Crippen LogP contribution in [0.3, 0.4) is 0 Å². The molecule has 1 aromatic heterocycles. The summed E-state index contributed by atoms with van der Waals surface area (Å²) in [7, 11) is 2.04. The lowest BCUT2D eigenvalue weighted by atomic mass is 9.83. The molecule has 3 aromatic rings. The monoisotopic (exact) mass is 337 g/mol. The molecule has 0 saturated heterocycles. The van der Waals surface area contributed by atoms with Crippen LogP contribution < -0.4 is 0 Å². The molecule has 4 rings (SSSR count). The normalized spacial score (nSPS) is 17.3. The van der Waals surface area contributed by atoms with Crippen molar-refractivity contribution in [1.29, 1.82) is 0 Å². The van der Waals surface area contributed by atoms with E-state index in [2.05, 4.69) is 27.0 Å². The fourth-order valence-electron chi connectivity index (χ4n) is 3.49. The summed E-state index contributed by atoms with van der Waals surface area (Å²) in [6.45, 7) is 1.59. The quantitative estimate of drug-likeness (QED) is 0.708. The highest BCUT2D eigenvalue weighted by atomic mass is 19.2. The summed E-state index contributed by atoms with van der Waals surface area (Å²) in [6, 6.07) is 10.4. The molecule has 1 aliphatic rings. The van der Waals surface area contributed by atoms with E-state index in [9.17, 15) is 8.78 Å². The van der Waals surface area contributed by atoms with Crippen LogP contribution in [0.5, 0.6) is 0 Å². The lowest BCUT2D eigenvalue weighted by Gasteiger charge is -2.33. The Bertz CT molecular complexity index is 912. The first-order valence-corrected chi connectivity index (χ1v) is 8.13. The second-order valence-corrected chi connectivity index (χ2v) is 6.46. The summed E-state index contributed by atoms with van der Waals surface area (Å²) >= 11 is 0. The molecule has 2 heterocycles. The number of fused-ring (bicyclic) bond motifs is 1. The van der Waals surface area contributed by atoms with Gasteiger partial charge in [0.15, 0.2) is 11.6 Å². The third kappa shape index (κ3) is 3.03. The number of rotatable bonds is 2. The number of benzene rings is 2. The van der Waals surface area contributed by atoms with E-state index >= 15 is 0 Å². The molecule has 25 heavy (non-hydrogen) atoms. The maximum atomic E-state index is 13.7. The van der Waals surface area contributed by atoms with Gasteiger partial charge in [0.1, 0.15) is 6.33 Å². The van der Waals surface area contributed by atoms with E-state index in [1.807, 2.05) is 13.1 Å². The zero-order chi connectivity index (χ0) is 17.4. The second kappa shape index (κ2) is 6.33. The minimum absolute atomic E-state index is 0.0184. The standard InChI is InChI=1S/C20H17F2N3/c1-25-10-15-6-13(16-8-23-12-24-9-16)2-4-17(15)18(11-25)14-3-5-19(21)20(22)7-14/h2-9,12,18H,10-11H2,1H3/t18-/m0/s1. The molecular weight excluding hydrogens is 320 g/mol. The van der Waals surface area contributed by atoms with Crippen LogP contribution in [0.25, 0.3) is 11.1 Å². The predicted molar refractivity (Wildman–Crippen MR) is 92.0 cm³/mol. The zero-order valence-electron chi connectivity index (χ0n) is 13.8. The number of hydrogen-bond donors (Lipinski definition) is 0. The van der Waals surface area contributed by atoms with Gasteiger partial charge in [0, 0.05) is 37.0 Å². The zero-order valence-corrected chi connectivity index (χ0v) is 13.8. The molecule has 0 fully saturated rings. The van der Waals surface area contributed by atoms with Crippen LogP contribution in [-0.2, 0) is 6.54 Å². The van der Waals surface area contributed by atoms with Gasteiger partial charge in [0.05, 0.1) is 0 Å². The Morgan fingerprint density at radius 2 is 1.76 bits per heavy atom. The Morgan fingerprint density at radius 1 is 0.960 bits per heavy atom. The molecule has 0 bridgehead atoms. The molecule has 0 aliphatic carbocycles. The first-order chi connectivity index (χ1) is 12.1. The van der Waals surface area contributed by atoms with Crippen molar-refractivity contribution in [3.63, 3.8) is 0 Å². The van der Waals surface area contributed by atoms with Crippen LogP contribution in [0, 0.1) is 11.6 Å². The van der Waals surface area contributed by atoms with Crippen LogP contribution in [0.1, 0.15) is 22.6 Å². The highest BCUT2D eigenvalue weighted by Gasteiger charge is 2.25. The number of nitrogens with zero attached hydrogens (tertiary/aromatic N) is 3. The van der Waals surface area contributed by atoms with Gasteiger partial charge in [-0.05, 0) is 47.5 Å². The molecule has 3 nitrogen and oxygen atoms in total. The van der Waals surface area contributed by atoms with Crippen LogP contribution in [0.4, 0.5) is 8.78 Å². The molecule has 0 N–H and O–H groups in total. The van der Waals surface area contributed by atoms with Gasteiger partial charge in [-0.25, -0.2) is 18.7 Å². The second-order valence-electron chi connectivity index (χ2n) is 6.46. The Kier molecular flexibility index (Phi) is 4.01. The largest absolute Gasteiger partial charge is 0.301 e. The third-order valence-electron chi connectivity index (χ3n) is 4.69. The fourth-order valence-corrected chi connectivity index (χ4v) is 3.49. The average Bonchev–Trinajstić information content (AvgIpc) is 2.63. The third-order valence-corrected chi connectivity index (χ3v) is 4.69. The summed E-state index contributed by atoms with van der Waals surface area (Å²) in [5.74, 6) is -1.59. The maximum absolute atomic E-state index is 13.7. The van der Waals surface area contributed by atoms with E-state index < -0.39 is 11.6 Å². The lowest BCUT2D eigenvalue weighted by molar-refractivity contribution is 0.295. The number of aromatic nitrogens is 2. The first-order valence-electron chi connectivity index (χ1n) is 8.13. The van der Waals surface area contributed by atoms with E-state index in [1.165, 1.54) is 24.0 Å². The van der Waals surface area contributed by atoms with Crippen LogP contribution in [-0.4, -0.2) is 28.5 Å². The average molecular weight is 337 g/mol. The molecule has 2 aromatic carbocycles. The SMILES string of the molecule is CN1Cc2cc(-c3cncnc3)ccc2[C@H](c2ccc(F)c(F)c2)C1. The molecule has 0 saturated carbocycles. The minimum atomic E-state index is -0.812. The number of halogens is 2. The summed E-state index contributed by atoms with van der Waals surface area (Å²) < 4.78 is 27.0. The topological polar surface area (TPSA) is 29.0 Å². The summed E-state index contributed by atoms with van der Waals surface area (Å²) in [6.07, 6.45) is 5.08. The molecule has 126 valence electrons. The summed E-state index contributed by atoms with van der Waals surface area (Å²) in [5, 5.41) is 0. The van der Waals surface area contributed by atoms with Crippen molar-refractivity contribution in [3.8, 4) is 11.1 Å². The number of likely N-dealkylation sites (N-methyl/N-ethyl adjacent to an activating group) is 1. The van der Waals surface area contributed by atoms with Gasteiger partial charge in [0.25, 0.3) is 0 Å². The van der Waals surface area contributed by atoms with Crippen molar-refractivity contribution in [1.82, 2.24) is 14.9 Å². The summed E-state index contributed by atoms with van der Waals surface area (Å²) in [5.41, 5.74) is 5.15. The van der Waals surface area contributed by atoms with Crippen LogP contribution in [0.2, 0.25) is 0 Å². The van der Waals surface area contributed by atoms with Crippen molar-refractivity contribution < 1.29 is 8.78 Å². The van der Waals surface area contributed by atoms with Gasteiger partial charge in [-0.1, -0.05) is 18.2 Å². The molecule has 0 amide bonds. The van der Waals surface area contributed by atoms with Crippen LogP contribution >= 0.6 is 0 Å². The van der Waals surface area contributed by atoms with Crippen molar-refractivity contribution in [2.24, 2.45) is 0 Å². The molecule has 1 aliphatic heterocycles. The molecular formula is C20H17F2N3. The molecule has 5 heteroatoms. The summed E-state index contributed by atoms with van der Waals surface area (Å²) in [4.78, 5) is 10.3. The fraction of sp³-hybridized carbons (Fsp3) is 0.200.